The van der Waals surface area contributed by atoms with Crippen molar-refractivity contribution in [2.24, 2.45) is 5.92 Å². The second kappa shape index (κ2) is 3.56. The minimum atomic E-state index is -0.406. The molecule has 1 aliphatic heterocycles. The lowest BCUT2D eigenvalue weighted by atomic mass is 9.88. The minimum absolute atomic E-state index is 0.117. The van der Waals surface area contributed by atoms with E-state index in [4.69, 9.17) is 0 Å². The molecule has 1 aromatic rings. The number of carbonyl (C=O) groups excluding carboxylic acids is 1. The van der Waals surface area contributed by atoms with E-state index in [2.05, 4.69) is 19.2 Å². The summed E-state index contributed by atoms with van der Waals surface area (Å²) in [5.74, 6) is 0.405. The first kappa shape index (κ1) is 10.6. The predicted octanol–water partition coefficient (Wildman–Crippen LogP) is 2.85. The topological polar surface area (TPSA) is 29.1 Å². The monoisotopic (exact) mass is 221 g/mol. The summed E-state index contributed by atoms with van der Waals surface area (Å²) in [5.41, 5.74) is 2.09. The van der Waals surface area contributed by atoms with Crippen LogP contribution in [0, 0.1) is 5.92 Å². The lowest BCUT2D eigenvalue weighted by Gasteiger charge is -2.29. The Hall–Kier alpha value is -0.960. The number of hydrogen-bond donors (Lipinski definition) is 1. The van der Waals surface area contributed by atoms with Gasteiger partial charge >= 0.3 is 0 Å². The summed E-state index contributed by atoms with van der Waals surface area (Å²) in [6, 6.07) is 7.96. The van der Waals surface area contributed by atoms with Gasteiger partial charge in [-0.05, 0) is 18.2 Å². The molecule has 2 nitrogen and oxygen atoms in total. The van der Waals surface area contributed by atoms with Gasteiger partial charge in [-0.1, -0.05) is 32.0 Å². The van der Waals surface area contributed by atoms with E-state index < -0.39 is 4.75 Å². The van der Waals surface area contributed by atoms with Gasteiger partial charge in [0.05, 0.1) is 0 Å². The predicted molar refractivity (Wildman–Crippen MR) is 65.1 cm³/mol. The van der Waals surface area contributed by atoms with Crippen LogP contribution >= 0.6 is 11.8 Å². The van der Waals surface area contributed by atoms with Gasteiger partial charge in [0, 0.05) is 11.3 Å². The highest BCUT2D eigenvalue weighted by Crippen LogP contribution is 2.49. The first-order valence-electron chi connectivity index (χ1n) is 5.09. The van der Waals surface area contributed by atoms with E-state index in [0.29, 0.717) is 0 Å². The van der Waals surface area contributed by atoms with Crippen molar-refractivity contribution < 1.29 is 4.79 Å². The van der Waals surface area contributed by atoms with Gasteiger partial charge < -0.3 is 5.32 Å². The quantitative estimate of drug-likeness (QED) is 0.832. The van der Waals surface area contributed by atoms with Crippen molar-refractivity contribution in [2.45, 2.75) is 18.6 Å². The Morgan fingerprint density at radius 2 is 2.00 bits per heavy atom. The van der Waals surface area contributed by atoms with Gasteiger partial charge in [0.2, 0.25) is 5.91 Å². The van der Waals surface area contributed by atoms with Crippen molar-refractivity contribution in [1.29, 1.82) is 0 Å². The van der Waals surface area contributed by atoms with Crippen molar-refractivity contribution >= 4 is 23.4 Å². The number of anilines is 1. The second-order valence-electron chi connectivity index (χ2n) is 4.09. The molecule has 0 fully saturated rings. The van der Waals surface area contributed by atoms with Crippen LogP contribution < -0.4 is 5.32 Å². The molecule has 1 heterocycles. The van der Waals surface area contributed by atoms with Crippen molar-refractivity contribution in [3.63, 3.8) is 0 Å². The molecule has 2 rings (SSSR count). The van der Waals surface area contributed by atoms with E-state index in [-0.39, 0.29) is 11.8 Å². The van der Waals surface area contributed by atoms with Crippen LogP contribution in [0.2, 0.25) is 0 Å². The highest BCUT2D eigenvalue weighted by Gasteiger charge is 2.48. The normalized spacial score (nSPS) is 24.1. The maximum absolute atomic E-state index is 12.1. The standard InChI is InChI=1S/C12H15NOS/c1-8(2)12(15-3)9-6-4-5-7-10(9)13-11(12)14/h4-8H,1-3H3,(H,13,14). The summed E-state index contributed by atoms with van der Waals surface area (Å²) in [7, 11) is 0. The molecule has 1 aromatic carbocycles. The summed E-state index contributed by atoms with van der Waals surface area (Å²) < 4.78 is -0.406. The van der Waals surface area contributed by atoms with Crippen LogP contribution in [0.15, 0.2) is 24.3 Å². The molecular weight excluding hydrogens is 206 g/mol. The summed E-state index contributed by atoms with van der Waals surface area (Å²) in [6.45, 7) is 4.19. The molecule has 0 radical (unpaired) electrons. The van der Waals surface area contributed by atoms with Gasteiger partial charge in [-0.2, -0.15) is 0 Å². The maximum Gasteiger partial charge on any atom is 0.245 e. The number of carbonyl (C=O) groups is 1. The van der Waals surface area contributed by atoms with Crippen LogP contribution in [0.4, 0.5) is 5.69 Å². The fourth-order valence-electron chi connectivity index (χ4n) is 2.27. The molecular formula is C12H15NOS. The molecule has 1 unspecified atom stereocenters. The zero-order valence-electron chi connectivity index (χ0n) is 9.20. The first-order chi connectivity index (χ1) is 7.13. The zero-order chi connectivity index (χ0) is 11.1. The van der Waals surface area contributed by atoms with Crippen molar-refractivity contribution in [2.75, 3.05) is 11.6 Å². The fourth-order valence-corrected chi connectivity index (χ4v) is 3.37. The van der Waals surface area contributed by atoms with E-state index in [1.807, 2.05) is 30.5 Å². The van der Waals surface area contributed by atoms with Gasteiger partial charge in [0.1, 0.15) is 4.75 Å². The van der Waals surface area contributed by atoms with Crippen LogP contribution in [-0.2, 0) is 9.54 Å². The molecule has 1 atom stereocenters. The number of para-hydroxylation sites is 1. The Bertz CT molecular complexity index is 402. The number of nitrogens with one attached hydrogen (secondary N) is 1. The lowest BCUT2D eigenvalue weighted by molar-refractivity contribution is -0.119. The lowest BCUT2D eigenvalue weighted by Crippen LogP contribution is -2.35. The van der Waals surface area contributed by atoms with Gasteiger partial charge in [0.25, 0.3) is 0 Å². The number of fused-ring (bicyclic) bond motifs is 1. The molecule has 1 N–H and O–H groups in total. The Kier molecular flexibility index (Phi) is 2.51. The Morgan fingerprint density at radius 1 is 1.33 bits per heavy atom. The smallest absolute Gasteiger partial charge is 0.245 e. The van der Waals surface area contributed by atoms with Crippen LogP contribution in [0.3, 0.4) is 0 Å². The molecule has 1 amide bonds. The van der Waals surface area contributed by atoms with Gasteiger partial charge in [-0.15, -0.1) is 11.8 Å². The third-order valence-electron chi connectivity index (χ3n) is 3.05. The fraction of sp³-hybridized carbons (Fsp3) is 0.417. The molecule has 0 saturated carbocycles. The van der Waals surface area contributed by atoms with Crippen molar-refractivity contribution in [3.05, 3.63) is 29.8 Å². The molecule has 0 aliphatic carbocycles. The molecule has 80 valence electrons. The molecule has 0 aromatic heterocycles. The Balaban J connectivity index is 2.62. The van der Waals surface area contributed by atoms with Gasteiger partial charge in [0.15, 0.2) is 0 Å². The molecule has 15 heavy (non-hydrogen) atoms. The number of rotatable bonds is 2. The van der Waals surface area contributed by atoms with Crippen molar-refractivity contribution in [3.8, 4) is 0 Å². The van der Waals surface area contributed by atoms with Crippen LogP contribution in [0.25, 0.3) is 0 Å². The van der Waals surface area contributed by atoms with E-state index in [9.17, 15) is 4.79 Å². The maximum atomic E-state index is 12.1. The van der Waals surface area contributed by atoms with E-state index >= 15 is 0 Å². The second-order valence-corrected chi connectivity index (χ2v) is 5.15. The highest BCUT2D eigenvalue weighted by atomic mass is 32.2. The highest BCUT2D eigenvalue weighted by molar-refractivity contribution is 8.00. The largest absolute Gasteiger partial charge is 0.324 e. The molecule has 0 bridgehead atoms. The third-order valence-corrected chi connectivity index (χ3v) is 4.57. The number of benzene rings is 1. The average molecular weight is 221 g/mol. The van der Waals surface area contributed by atoms with Crippen LogP contribution in [0.5, 0.6) is 0 Å². The molecule has 1 aliphatic rings. The summed E-state index contributed by atoms with van der Waals surface area (Å²) >= 11 is 1.63. The van der Waals surface area contributed by atoms with Crippen LogP contribution in [0.1, 0.15) is 19.4 Å². The van der Waals surface area contributed by atoms with Crippen LogP contribution in [-0.4, -0.2) is 12.2 Å². The van der Waals surface area contributed by atoms with E-state index in [1.165, 1.54) is 0 Å². The average Bonchev–Trinajstić information content (AvgIpc) is 2.50. The summed E-state index contributed by atoms with van der Waals surface area (Å²) in [5, 5.41) is 2.96. The summed E-state index contributed by atoms with van der Waals surface area (Å²) in [6.07, 6.45) is 2.00. The molecule has 0 saturated heterocycles. The third kappa shape index (κ3) is 1.29. The number of amides is 1. The van der Waals surface area contributed by atoms with Gasteiger partial charge in [-0.3, -0.25) is 4.79 Å². The minimum Gasteiger partial charge on any atom is -0.324 e. The first-order valence-corrected chi connectivity index (χ1v) is 6.31. The van der Waals surface area contributed by atoms with E-state index in [0.717, 1.165) is 11.3 Å². The van der Waals surface area contributed by atoms with E-state index in [1.54, 1.807) is 11.8 Å². The Morgan fingerprint density at radius 3 is 2.60 bits per heavy atom. The van der Waals surface area contributed by atoms with Gasteiger partial charge in [-0.25, -0.2) is 0 Å². The summed E-state index contributed by atoms with van der Waals surface area (Å²) in [4.78, 5) is 12.1. The molecule has 3 heteroatoms. The zero-order valence-corrected chi connectivity index (χ0v) is 10.0. The Labute approximate surface area is 94.4 Å². The van der Waals surface area contributed by atoms with Crippen molar-refractivity contribution in [1.82, 2.24) is 0 Å². The molecule has 0 spiro atoms. The number of hydrogen-bond acceptors (Lipinski definition) is 2. The number of thioether (sulfide) groups is 1. The SMILES string of the molecule is CSC1(C(C)C)C(=O)Nc2ccccc21.